The first-order chi connectivity index (χ1) is 7.99. The minimum absolute atomic E-state index is 0.0417. The number of hydrogen-bond acceptors (Lipinski definition) is 3. The van der Waals surface area contributed by atoms with Crippen molar-refractivity contribution in [1.29, 1.82) is 0 Å². The highest BCUT2D eigenvalue weighted by Crippen LogP contribution is 2.19. The maximum atomic E-state index is 12.1. The largest absolute Gasteiger partial charge is 0.337 e. The number of sulfone groups is 1. The number of imidazole rings is 1. The highest BCUT2D eigenvalue weighted by atomic mass is 79.9. The molecule has 17 heavy (non-hydrogen) atoms. The molecular formula is C11H11BrN2O2S. The zero-order valence-corrected chi connectivity index (χ0v) is 11.6. The molecule has 0 bridgehead atoms. The number of benzene rings is 1. The predicted octanol–water partition coefficient (Wildman–Crippen LogP) is 2.16. The van der Waals surface area contributed by atoms with Crippen molar-refractivity contribution in [1.82, 2.24) is 9.55 Å². The van der Waals surface area contributed by atoms with Gasteiger partial charge in [0, 0.05) is 17.7 Å². The van der Waals surface area contributed by atoms with E-state index in [1.807, 2.05) is 0 Å². The van der Waals surface area contributed by atoms with Crippen LogP contribution in [0.3, 0.4) is 0 Å². The maximum Gasteiger partial charge on any atom is 0.184 e. The summed E-state index contributed by atoms with van der Waals surface area (Å²) >= 11 is 3.27. The summed E-state index contributed by atoms with van der Waals surface area (Å²) in [6, 6.07) is 6.70. The van der Waals surface area contributed by atoms with Crippen LogP contribution in [0, 0.1) is 0 Å². The van der Waals surface area contributed by atoms with Crippen molar-refractivity contribution < 1.29 is 8.42 Å². The van der Waals surface area contributed by atoms with Crippen LogP contribution in [0.1, 0.15) is 5.69 Å². The topological polar surface area (TPSA) is 52.0 Å². The summed E-state index contributed by atoms with van der Waals surface area (Å²) in [6.45, 7) is 0. The normalized spacial score (nSPS) is 11.6. The second-order valence-electron chi connectivity index (χ2n) is 3.71. The van der Waals surface area contributed by atoms with Gasteiger partial charge < -0.3 is 4.57 Å². The predicted molar refractivity (Wildman–Crippen MR) is 68.2 cm³/mol. The van der Waals surface area contributed by atoms with Crippen molar-refractivity contribution in [2.75, 3.05) is 0 Å². The number of aryl methyl sites for hydroxylation is 1. The van der Waals surface area contributed by atoms with Crippen LogP contribution in [0.15, 0.2) is 46.2 Å². The quantitative estimate of drug-likeness (QED) is 0.872. The van der Waals surface area contributed by atoms with Gasteiger partial charge in [-0.3, -0.25) is 0 Å². The van der Waals surface area contributed by atoms with Gasteiger partial charge in [-0.05, 0) is 18.2 Å². The number of nitrogens with zero attached hydrogens (tertiary/aromatic N) is 2. The molecular weight excluding hydrogens is 304 g/mol. The first-order valence-electron chi connectivity index (χ1n) is 4.92. The Morgan fingerprint density at radius 2 is 2.18 bits per heavy atom. The molecule has 0 amide bonds. The molecule has 2 aromatic rings. The Morgan fingerprint density at radius 1 is 1.41 bits per heavy atom. The summed E-state index contributed by atoms with van der Waals surface area (Å²) < 4.78 is 26.7. The number of rotatable bonds is 3. The van der Waals surface area contributed by atoms with Crippen molar-refractivity contribution in [3.63, 3.8) is 0 Å². The maximum absolute atomic E-state index is 12.1. The van der Waals surface area contributed by atoms with Gasteiger partial charge in [-0.1, -0.05) is 22.0 Å². The average molecular weight is 315 g/mol. The third-order valence-electron chi connectivity index (χ3n) is 2.41. The molecule has 0 N–H and O–H groups in total. The molecule has 0 radical (unpaired) electrons. The van der Waals surface area contributed by atoms with Crippen molar-refractivity contribution in [2.24, 2.45) is 7.05 Å². The fraction of sp³-hybridized carbons (Fsp3) is 0.182. The lowest BCUT2D eigenvalue weighted by molar-refractivity contribution is 0.593. The lowest BCUT2D eigenvalue weighted by atomic mass is 10.4. The Kier molecular flexibility index (Phi) is 3.35. The molecule has 0 saturated heterocycles. The zero-order valence-electron chi connectivity index (χ0n) is 9.17. The second-order valence-corrected chi connectivity index (χ2v) is 6.62. The molecule has 0 fully saturated rings. The van der Waals surface area contributed by atoms with Crippen molar-refractivity contribution >= 4 is 25.8 Å². The molecule has 0 unspecified atom stereocenters. The number of hydrogen-bond donors (Lipinski definition) is 0. The first-order valence-corrected chi connectivity index (χ1v) is 7.37. The third-order valence-corrected chi connectivity index (χ3v) is 4.55. The second kappa shape index (κ2) is 4.62. The van der Waals surface area contributed by atoms with Gasteiger partial charge in [-0.15, -0.1) is 0 Å². The fourth-order valence-corrected chi connectivity index (χ4v) is 3.44. The molecule has 1 aromatic heterocycles. The van der Waals surface area contributed by atoms with Gasteiger partial charge in [-0.25, -0.2) is 13.4 Å². The number of aromatic nitrogens is 2. The molecule has 0 atom stereocenters. The van der Waals surface area contributed by atoms with E-state index in [1.165, 1.54) is 0 Å². The van der Waals surface area contributed by atoms with Crippen LogP contribution in [0.2, 0.25) is 0 Å². The van der Waals surface area contributed by atoms with E-state index in [9.17, 15) is 8.42 Å². The standard InChI is InChI=1S/C11H11BrN2O2S/c1-14-8-13-6-10(14)7-17(15,16)11-4-2-3-9(12)5-11/h2-6,8H,7H2,1H3. The van der Waals surface area contributed by atoms with Gasteiger partial charge in [0.25, 0.3) is 0 Å². The van der Waals surface area contributed by atoms with E-state index < -0.39 is 9.84 Å². The Morgan fingerprint density at radius 3 is 2.76 bits per heavy atom. The molecule has 2 rings (SSSR count). The van der Waals surface area contributed by atoms with Gasteiger partial charge in [0.05, 0.1) is 22.7 Å². The van der Waals surface area contributed by atoms with Crippen LogP contribution >= 0.6 is 15.9 Å². The van der Waals surface area contributed by atoms with Gasteiger partial charge in [0.15, 0.2) is 9.84 Å². The summed E-state index contributed by atoms with van der Waals surface area (Å²) in [5, 5.41) is 0. The van der Waals surface area contributed by atoms with Crippen LogP contribution in [-0.2, 0) is 22.6 Å². The summed E-state index contributed by atoms with van der Waals surface area (Å²) in [6.07, 6.45) is 3.15. The Hall–Kier alpha value is -1.14. The van der Waals surface area contributed by atoms with Crippen LogP contribution in [0.4, 0.5) is 0 Å². The fourth-order valence-electron chi connectivity index (χ4n) is 1.46. The van der Waals surface area contributed by atoms with E-state index in [0.717, 1.165) is 4.47 Å². The molecule has 6 heteroatoms. The molecule has 90 valence electrons. The van der Waals surface area contributed by atoms with E-state index in [1.54, 1.807) is 48.4 Å². The van der Waals surface area contributed by atoms with Crippen LogP contribution in [0.25, 0.3) is 0 Å². The molecule has 4 nitrogen and oxygen atoms in total. The molecule has 0 aliphatic heterocycles. The van der Waals surface area contributed by atoms with E-state index >= 15 is 0 Å². The molecule has 0 aliphatic rings. The average Bonchev–Trinajstić information content (AvgIpc) is 2.64. The lowest BCUT2D eigenvalue weighted by Crippen LogP contribution is -2.07. The summed E-state index contributed by atoms with van der Waals surface area (Å²) in [5.41, 5.74) is 0.671. The molecule has 1 aromatic carbocycles. The smallest absolute Gasteiger partial charge is 0.184 e. The Balaban J connectivity index is 2.35. The van der Waals surface area contributed by atoms with Gasteiger partial charge >= 0.3 is 0 Å². The van der Waals surface area contributed by atoms with Gasteiger partial charge in [-0.2, -0.15) is 0 Å². The highest BCUT2D eigenvalue weighted by molar-refractivity contribution is 9.10. The Bertz CT molecular complexity index is 634. The Labute approximate surface area is 108 Å². The van der Waals surface area contributed by atoms with E-state index in [4.69, 9.17) is 0 Å². The minimum atomic E-state index is -3.32. The summed E-state index contributed by atoms with van der Waals surface area (Å²) in [4.78, 5) is 4.22. The van der Waals surface area contributed by atoms with Crippen molar-refractivity contribution in [3.8, 4) is 0 Å². The summed E-state index contributed by atoms with van der Waals surface area (Å²) in [5.74, 6) is -0.0417. The van der Waals surface area contributed by atoms with E-state index in [0.29, 0.717) is 10.6 Å². The molecule has 0 spiro atoms. The molecule has 0 aliphatic carbocycles. The zero-order chi connectivity index (χ0) is 12.5. The lowest BCUT2D eigenvalue weighted by Gasteiger charge is -2.05. The van der Waals surface area contributed by atoms with Gasteiger partial charge in [0.1, 0.15) is 0 Å². The minimum Gasteiger partial charge on any atom is -0.337 e. The first kappa shape index (κ1) is 12.3. The van der Waals surface area contributed by atoms with Crippen LogP contribution < -0.4 is 0 Å². The monoisotopic (exact) mass is 314 g/mol. The summed E-state index contributed by atoms with van der Waals surface area (Å²) in [7, 11) is -1.54. The van der Waals surface area contributed by atoms with E-state index in [-0.39, 0.29) is 5.75 Å². The van der Waals surface area contributed by atoms with Crippen molar-refractivity contribution in [2.45, 2.75) is 10.6 Å². The third kappa shape index (κ3) is 2.76. The van der Waals surface area contributed by atoms with Crippen molar-refractivity contribution in [3.05, 3.63) is 47.0 Å². The highest BCUT2D eigenvalue weighted by Gasteiger charge is 2.17. The van der Waals surface area contributed by atoms with Crippen LogP contribution in [-0.4, -0.2) is 18.0 Å². The number of halogens is 1. The molecule has 1 heterocycles. The molecule has 0 saturated carbocycles. The SMILES string of the molecule is Cn1cncc1CS(=O)(=O)c1cccc(Br)c1. The van der Waals surface area contributed by atoms with Gasteiger partial charge in [0.2, 0.25) is 0 Å². The van der Waals surface area contributed by atoms with Crippen LogP contribution in [0.5, 0.6) is 0 Å². The van der Waals surface area contributed by atoms with E-state index in [2.05, 4.69) is 20.9 Å².